The average Bonchev–Trinajstić information content (AvgIpc) is 2.97. The van der Waals surface area contributed by atoms with Gasteiger partial charge in [0.15, 0.2) is 0 Å². The molecule has 0 unspecified atom stereocenters. The largest absolute Gasteiger partial charge is 0.383 e. The van der Waals surface area contributed by atoms with Crippen LogP contribution >= 0.6 is 0 Å². The first kappa shape index (κ1) is 12.5. The Labute approximate surface area is 116 Å². The average molecular weight is 268 g/mol. The van der Waals surface area contributed by atoms with E-state index in [1.165, 1.54) is 0 Å². The van der Waals surface area contributed by atoms with Gasteiger partial charge in [-0.05, 0) is 6.07 Å². The molecule has 5 nitrogen and oxygen atoms in total. The summed E-state index contributed by atoms with van der Waals surface area (Å²) in [6, 6.07) is 9.55. The van der Waals surface area contributed by atoms with Crippen molar-refractivity contribution < 1.29 is 0 Å². The van der Waals surface area contributed by atoms with Crippen molar-refractivity contribution in [2.75, 3.05) is 11.9 Å². The SMILES string of the molecule is Cn1c(=O)cc(NCCn2ccnc2)c2ccccc21. The van der Waals surface area contributed by atoms with Crippen molar-refractivity contribution in [2.24, 2.45) is 7.05 Å². The van der Waals surface area contributed by atoms with Gasteiger partial charge in [-0.3, -0.25) is 4.79 Å². The number of nitrogens with zero attached hydrogens (tertiary/aromatic N) is 3. The molecule has 0 saturated carbocycles. The third-order valence-electron chi connectivity index (χ3n) is 3.40. The van der Waals surface area contributed by atoms with Gasteiger partial charge >= 0.3 is 0 Å². The lowest BCUT2D eigenvalue weighted by molar-refractivity contribution is 0.727. The highest BCUT2D eigenvalue weighted by atomic mass is 16.1. The molecule has 20 heavy (non-hydrogen) atoms. The van der Waals surface area contributed by atoms with Crippen molar-refractivity contribution >= 4 is 16.6 Å². The van der Waals surface area contributed by atoms with Crippen LogP contribution in [-0.4, -0.2) is 20.7 Å². The fraction of sp³-hybridized carbons (Fsp3) is 0.200. The second kappa shape index (κ2) is 5.21. The summed E-state index contributed by atoms with van der Waals surface area (Å²) >= 11 is 0. The minimum Gasteiger partial charge on any atom is -0.383 e. The summed E-state index contributed by atoms with van der Waals surface area (Å²) in [5.74, 6) is 0. The summed E-state index contributed by atoms with van der Waals surface area (Å²) in [6.45, 7) is 1.55. The van der Waals surface area contributed by atoms with Crippen LogP contribution in [0.2, 0.25) is 0 Å². The molecular formula is C15H16N4O. The topological polar surface area (TPSA) is 51.9 Å². The number of anilines is 1. The molecule has 3 aromatic rings. The number of fused-ring (bicyclic) bond motifs is 1. The number of nitrogens with one attached hydrogen (secondary N) is 1. The van der Waals surface area contributed by atoms with Crippen LogP contribution in [-0.2, 0) is 13.6 Å². The minimum atomic E-state index is -0.00571. The van der Waals surface area contributed by atoms with Crippen molar-refractivity contribution in [3.63, 3.8) is 0 Å². The molecule has 102 valence electrons. The van der Waals surface area contributed by atoms with Gasteiger partial charge in [0.25, 0.3) is 5.56 Å². The maximum Gasteiger partial charge on any atom is 0.252 e. The molecule has 1 aromatic carbocycles. The molecule has 0 fully saturated rings. The Kier molecular flexibility index (Phi) is 3.25. The number of rotatable bonds is 4. The summed E-state index contributed by atoms with van der Waals surface area (Å²) in [5.41, 5.74) is 1.81. The summed E-state index contributed by atoms with van der Waals surface area (Å²) in [5, 5.41) is 4.39. The smallest absolute Gasteiger partial charge is 0.252 e. The molecule has 0 spiro atoms. The Morgan fingerprint density at radius 1 is 1.30 bits per heavy atom. The zero-order valence-corrected chi connectivity index (χ0v) is 11.3. The molecule has 0 bridgehead atoms. The van der Waals surface area contributed by atoms with Crippen LogP contribution in [0.1, 0.15) is 0 Å². The number of hydrogen-bond donors (Lipinski definition) is 1. The number of para-hydroxylation sites is 1. The molecule has 3 rings (SSSR count). The van der Waals surface area contributed by atoms with Crippen LogP contribution in [0, 0.1) is 0 Å². The zero-order chi connectivity index (χ0) is 13.9. The Balaban J connectivity index is 1.87. The van der Waals surface area contributed by atoms with E-state index in [1.54, 1.807) is 30.2 Å². The van der Waals surface area contributed by atoms with Crippen LogP contribution in [0.15, 0.2) is 53.8 Å². The van der Waals surface area contributed by atoms with E-state index in [1.807, 2.05) is 35.0 Å². The van der Waals surface area contributed by atoms with Gasteiger partial charge < -0.3 is 14.5 Å². The molecule has 0 atom stereocenters. The van der Waals surface area contributed by atoms with Gasteiger partial charge in [-0.15, -0.1) is 0 Å². The highest BCUT2D eigenvalue weighted by Crippen LogP contribution is 2.20. The molecule has 5 heteroatoms. The molecule has 2 aromatic heterocycles. The number of aromatic nitrogens is 3. The van der Waals surface area contributed by atoms with Gasteiger partial charge in [-0.25, -0.2) is 4.98 Å². The van der Waals surface area contributed by atoms with Gasteiger partial charge in [0.1, 0.15) is 0 Å². The third-order valence-corrected chi connectivity index (χ3v) is 3.40. The molecule has 0 aliphatic carbocycles. The quantitative estimate of drug-likeness (QED) is 0.785. The number of pyridine rings is 1. The van der Waals surface area contributed by atoms with Crippen LogP contribution in [0.25, 0.3) is 10.9 Å². The maximum absolute atomic E-state index is 12.0. The monoisotopic (exact) mass is 268 g/mol. The van der Waals surface area contributed by atoms with Crippen molar-refractivity contribution in [2.45, 2.75) is 6.54 Å². The predicted molar refractivity (Wildman–Crippen MR) is 79.9 cm³/mol. The van der Waals surface area contributed by atoms with E-state index >= 15 is 0 Å². The second-order valence-corrected chi connectivity index (χ2v) is 4.70. The summed E-state index contributed by atoms with van der Waals surface area (Å²) in [4.78, 5) is 16.0. The molecule has 0 aliphatic heterocycles. The van der Waals surface area contributed by atoms with Crippen molar-refractivity contribution in [1.29, 1.82) is 0 Å². The first-order valence-electron chi connectivity index (χ1n) is 6.54. The highest BCUT2D eigenvalue weighted by Gasteiger charge is 2.05. The van der Waals surface area contributed by atoms with E-state index in [0.717, 1.165) is 29.7 Å². The van der Waals surface area contributed by atoms with Crippen molar-refractivity contribution in [3.05, 3.63) is 59.4 Å². The fourth-order valence-corrected chi connectivity index (χ4v) is 2.30. The first-order chi connectivity index (χ1) is 9.75. The summed E-state index contributed by atoms with van der Waals surface area (Å²) in [7, 11) is 1.79. The standard InChI is InChI=1S/C15H16N4O/c1-18-14-5-3-2-4-12(14)13(10-15(18)20)17-7-9-19-8-6-16-11-19/h2-6,8,10-11,17H,7,9H2,1H3. The Morgan fingerprint density at radius 3 is 2.95 bits per heavy atom. The molecule has 0 amide bonds. The van der Waals surface area contributed by atoms with Crippen molar-refractivity contribution in [1.82, 2.24) is 14.1 Å². The first-order valence-corrected chi connectivity index (χ1v) is 6.54. The van der Waals surface area contributed by atoms with Crippen LogP contribution in [0.5, 0.6) is 0 Å². The van der Waals surface area contributed by atoms with Crippen LogP contribution in [0.4, 0.5) is 5.69 Å². The number of imidazole rings is 1. The molecule has 1 N–H and O–H groups in total. The molecule has 0 aliphatic rings. The lowest BCUT2D eigenvalue weighted by Gasteiger charge is -2.12. The Bertz CT molecular complexity index is 774. The number of benzene rings is 1. The minimum absolute atomic E-state index is 0.00571. The number of hydrogen-bond acceptors (Lipinski definition) is 3. The van der Waals surface area contributed by atoms with E-state index < -0.39 is 0 Å². The van der Waals surface area contributed by atoms with Gasteiger partial charge in [0, 0.05) is 49.7 Å². The van der Waals surface area contributed by atoms with Gasteiger partial charge in [-0.2, -0.15) is 0 Å². The number of aryl methyl sites for hydroxylation is 1. The highest BCUT2D eigenvalue weighted by molar-refractivity contribution is 5.91. The maximum atomic E-state index is 12.0. The second-order valence-electron chi connectivity index (χ2n) is 4.70. The van der Waals surface area contributed by atoms with E-state index in [9.17, 15) is 4.79 Å². The molecule has 0 saturated heterocycles. The van der Waals surface area contributed by atoms with Gasteiger partial charge in [-0.1, -0.05) is 18.2 Å². The van der Waals surface area contributed by atoms with E-state index in [-0.39, 0.29) is 5.56 Å². The zero-order valence-electron chi connectivity index (χ0n) is 11.3. The third kappa shape index (κ3) is 2.30. The normalized spacial score (nSPS) is 10.8. The van der Waals surface area contributed by atoms with E-state index in [4.69, 9.17) is 0 Å². The lowest BCUT2D eigenvalue weighted by Crippen LogP contribution is -2.18. The van der Waals surface area contributed by atoms with Gasteiger partial charge in [0.2, 0.25) is 0 Å². The van der Waals surface area contributed by atoms with E-state index in [2.05, 4.69) is 10.3 Å². The summed E-state index contributed by atoms with van der Waals surface area (Å²) < 4.78 is 3.66. The molecular weight excluding hydrogens is 252 g/mol. The Hall–Kier alpha value is -2.56. The summed E-state index contributed by atoms with van der Waals surface area (Å²) in [6.07, 6.45) is 5.46. The van der Waals surface area contributed by atoms with Crippen molar-refractivity contribution in [3.8, 4) is 0 Å². The fourth-order valence-electron chi connectivity index (χ4n) is 2.30. The molecule has 2 heterocycles. The van der Waals surface area contributed by atoms with E-state index in [0.29, 0.717) is 0 Å². The van der Waals surface area contributed by atoms with Crippen LogP contribution in [0.3, 0.4) is 0 Å². The van der Waals surface area contributed by atoms with Gasteiger partial charge in [0.05, 0.1) is 11.8 Å². The Morgan fingerprint density at radius 2 is 2.15 bits per heavy atom. The lowest BCUT2D eigenvalue weighted by atomic mass is 10.2. The predicted octanol–water partition coefficient (Wildman–Crippen LogP) is 1.85. The van der Waals surface area contributed by atoms with Crippen LogP contribution < -0.4 is 10.9 Å². The molecule has 0 radical (unpaired) electrons.